The van der Waals surface area contributed by atoms with Crippen LogP contribution < -0.4 is 14.9 Å². The number of benzene rings is 3. The molecule has 1 amide bonds. The highest BCUT2D eigenvalue weighted by molar-refractivity contribution is 7.94. The molecule has 2 aliphatic rings. The molecule has 0 aromatic heterocycles. The summed E-state index contributed by atoms with van der Waals surface area (Å²) in [5, 5.41) is 3.73. The van der Waals surface area contributed by atoms with Crippen LogP contribution in [0.4, 0.5) is 21.5 Å². The van der Waals surface area contributed by atoms with Crippen molar-refractivity contribution < 1.29 is 30.8 Å². The maximum atomic E-state index is 13.8. The Kier molecular flexibility index (Phi) is 6.11. The van der Waals surface area contributed by atoms with Crippen LogP contribution in [0.3, 0.4) is 0 Å². The number of ketones is 1. The number of aryl methyl sites for hydroxylation is 1. The molecule has 1 unspecified atom stereocenters. The molecule has 3 aromatic rings. The minimum absolute atomic E-state index is 0.0378. The van der Waals surface area contributed by atoms with Gasteiger partial charge in [0.15, 0.2) is 5.78 Å². The first-order chi connectivity index (χ1) is 17.8. The Labute approximate surface area is 218 Å². The van der Waals surface area contributed by atoms with Crippen LogP contribution in [0.1, 0.15) is 21.5 Å². The molecule has 0 aliphatic carbocycles. The second kappa shape index (κ2) is 9.07. The molecule has 38 heavy (non-hydrogen) atoms. The number of carbonyl (C=O) groups excluding carboxylic acids is 2. The summed E-state index contributed by atoms with van der Waals surface area (Å²) in [4.78, 5) is 28.6. The Morgan fingerprint density at radius 1 is 1.03 bits per heavy atom. The largest absolute Gasteiger partial charge is 0.356 e. The summed E-state index contributed by atoms with van der Waals surface area (Å²) in [6.45, 7) is 1.83. The van der Waals surface area contributed by atoms with Gasteiger partial charge in [0.1, 0.15) is 11.7 Å². The lowest BCUT2D eigenvalue weighted by Crippen LogP contribution is -2.46. The van der Waals surface area contributed by atoms with Crippen molar-refractivity contribution >= 4 is 48.6 Å². The average molecular weight is 556 g/mol. The SMILES string of the molecule is Cc1ccc2c(c1)C(=O)C(C1=CS(=O)(=O)c3cc(NS(C)(=O)=O)ccc3N1)C(=O)N2Cc1ccc(F)cc1. The van der Waals surface area contributed by atoms with Crippen LogP contribution in [0.25, 0.3) is 0 Å². The zero-order valence-corrected chi connectivity index (χ0v) is 21.9. The lowest BCUT2D eigenvalue weighted by Gasteiger charge is -2.35. The number of amides is 1. The Bertz CT molecular complexity index is 1750. The van der Waals surface area contributed by atoms with Gasteiger partial charge in [0, 0.05) is 16.9 Å². The molecule has 3 aromatic carbocycles. The number of sulfonamides is 1. The van der Waals surface area contributed by atoms with Gasteiger partial charge in [0.05, 0.1) is 34.5 Å². The zero-order valence-electron chi connectivity index (χ0n) is 20.2. The van der Waals surface area contributed by atoms with E-state index < -0.39 is 43.3 Å². The van der Waals surface area contributed by atoms with E-state index in [0.29, 0.717) is 11.3 Å². The molecule has 0 radical (unpaired) electrons. The molecule has 0 spiro atoms. The number of anilines is 3. The molecule has 0 saturated carbocycles. The van der Waals surface area contributed by atoms with Gasteiger partial charge in [-0.15, -0.1) is 0 Å². The molecule has 0 bridgehead atoms. The summed E-state index contributed by atoms with van der Waals surface area (Å²) in [6, 6.07) is 14.6. The van der Waals surface area contributed by atoms with Gasteiger partial charge in [0.2, 0.25) is 25.8 Å². The Hall–Kier alpha value is -4.03. The van der Waals surface area contributed by atoms with Crippen molar-refractivity contribution in [3.63, 3.8) is 0 Å². The van der Waals surface area contributed by atoms with E-state index in [1.54, 1.807) is 25.1 Å². The molecule has 1 atom stereocenters. The summed E-state index contributed by atoms with van der Waals surface area (Å²) in [5.41, 5.74) is 2.07. The van der Waals surface area contributed by atoms with Crippen LogP contribution in [-0.2, 0) is 31.2 Å². The fourth-order valence-corrected chi connectivity index (χ4v) is 6.46. The standard InChI is InChI=1S/C26H22FN3O6S2/c1-15-3-10-22-19(11-15)25(31)24(26(32)30(22)13-16-4-6-17(27)7-5-16)21-14-38(35,36)23-12-18(29-37(2,33)34)8-9-20(23)28-21/h3-12,14,24,28-29H,13H2,1-2H3. The summed E-state index contributed by atoms with van der Waals surface area (Å²) in [6.07, 6.45) is 0.939. The Balaban J connectivity index is 1.57. The molecule has 5 rings (SSSR count). The van der Waals surface area contributed by atoms with Crippen LogP contribution >= 0.6 is 0 Å². The summed E-state index contributed by atoms with van der Waals surface area (Å²) >= 11 is 0. The average Bonchev–Trinajstić information content (AvgIpc) is 2.82. The van der Waals surface area contributed by atoms with Gasteiger partial charge in [-0.25, -0.2) is 21.2 Å². The number of sulfone groups is 1. The van der Waals surface area contributed by atoms with E-state index in [1.807, 2.05) is 0 Å². The first kappa shape index (κ1) is 25.6. The van der Waals surface area contributed by atoms with Crippen molar-refractivity contribution in [2.75, 3.05) is 21.2 Å². The van der Waals surface area contributed by atoms with E-state index in [2.05, 4.69) is 10.0 Å². The third kappa shape index (κ3) is 4.79. The molecule has 2 aliphatic heterocycles. The monoisotopic (exact) mass is 555 g/mol. The quantitative estimate of drug-likeness (QED) is 0.460. The first-order valence-corrected chi connectivity index (χ1v) is 14.8. The lowest BCUT2D eigenvalue weighted by atomic mass is 9.87. The number of nitrogens with zero attached hydrogens (tertiary/aromatic N) is 1. The molecule has 12 heteroatoms. The zero-order chi connectivity index (χ0) is 27.4. The topological polar surface area (TPSA) is 130 Å². The molecule has 2 heterocycles. The minimum atomic E-state index is -4.16. The van der Waals surface area contributed by atoms with Crippen LogP contribution in [-0.4, -0.2) is 34.8 Å². The summed E-state index contributed by atoms with van der Waals surface area (Å²) in [7, 11) is -7.80. The summed E-state index contributed by atoms with van der Waals surface area (Å²) in [5.74, 6) is -3.10. The second-order valence-electron chi connectivity index (χ2n) is 9.20. The molecular weight excluding hydrogens is 533 g/mol. The van der Waals surface area contributed by atoms with Crippen LogP contribution in [0.15, 0.2) is 76.7 Å². The van der Waals surface area contributed by atoms with E-state index in [1.165, 1.54) is 41.3 Å². The van der Waals surface area contributed by atoms with Crippen molar-refractivity contribution in [2.45, 2.75) is 18.4 Å². The predicted molar refractivity (Wildman–Crippen MR) is 140 cm³/mol. The smallest absolute Gasteiger partial charge is 0.244 e. The number of Topliss-reactive ketones (excluding diaryl/α,β-unsaturated/α-hetero) is 1. The van der Waals surface area contributed by atoms with Gasteiger partial charge < -0.3 is 10.2 Å². The molecule has 196 valence electrons. The maximum absolute atomic E-state index is 13.8. The van der Waals surface area contributed by atoms with Crippen molar-refractivity contribution in [2.24, 2.45) is 5.92 Å². The van der Waals surface area contributed by atoms with Gasteiger partial charge in [0.25, 0.3) is 0 Å². The van der Waals surface area contributed by atoms with Gasteiger partial charge in [-0.1, -0.05) is 23.8 Å². The number of hydrogen-bond acceptors (Lipinski definition) is 7. The number of halogens is 1. The van der Waals surface area contributed by atoms with Gasteiger partial charge >= 0.3 is 0 Å². The van der Waals surface area contributed by atoms with E-state index in [0.717, 1.165) is 23.3 Å². The fraction of sp³-hybridized carbons (Fsp3) is 0.154. The first-order valence-electron chi connectivity index (χ1n) is 11.4. The van der Waals surface area contributed by atoms with Crippen LogP contribution in [0, 0.1) is 18.7 Å². The van der Waals surface area contributed by atoms with Gasteiger partial charge in [-0.2, -0.15) is 0 Å². The fourth-order valence-electron chi connectivity index (χ4n) is 4.53. The highest BCUT2D eigenvalue weighted by Gasteiger charge is 2.43. The molecule has 9 nitrogen and oxygen atoms in total. The number of hydrogen-bond donors (Lipinski definition) is 2. The van der Waals surface area contributed by atoms with E-state index in [4.69, 9.17) is 0 Å². The van der Waals surface area contributed by atoms with Crippen molar-refractivity contribution in [3.05, 3.63) is 94.3 Å². The van der Waals surface area contributed by atoms with Crippen LogP contribution in [0.2, 0.25) is 0 Å². The van der Waals surface area contributed by atoms with Crippen molar-refractivity contribution in [1.82, 2.24) is 0 Å². The third-order valence-corrected chi connectivity index (χ3v) is 8.32. The maximum Gasteiger partial charge on any atom is 0.244 e. The number of nitrogens with one attached hydrogen (secondary N) is 2. The van der Waals surface area contributed by atoms with Crippen molar-refractivity contribution in [3.8, 4) is 0 Å². The third-order valence-electron chi connectivity index (χ3n) is 6.20. The van der Waals surface area contributed by atoms with E-state index >= 15 is 0 Å². The van der Waals surface area contributed by atoms with Gasteiger partial charge in [-0.05, 0) is 55.0 Å². The number of fused-ring (bicyclic) bond motifs is 2. The van der Waals surface area contributed by atoms with Crippen molar-refractivity contribution in [1.29, 1.82) is 0 Å². The van der Waals surface area contributed by atoms with Gasteiger partial charge in [-0.3, -0.25) is 14.3 Å². The summed E-state index contributed by atoms with van der Waals surface area (Å²) < 4.78 is 65.2. The Morgan fingerprint density at radius 3 is 2.42 bits per heavy atom. The Morgan fingerprint density at radius 2 is 1.74 bits per heavy atom. The van der Waals surface area contributed by atoms with E-state index in [-0.39, 0.29) is 34.1 Å². The second-order valence-corrected chi connectivity index (χ2v) is 12.7. The predicted octanol–water partition coefficient (Wildman–Crippen LogP) is 3.59. The van der Waals surface area contributed by atoms with Crippen LogP contribution in [0.5, 0.6) is 0 Å². The molecule has 0 fully saturated rings. The van der Waals surface area contributed by atoms with E-state index in [9.17, 15) is 30.8 Å². The number of rotatable bonds is 5. The normalized spacial score (nSPS) is 18.2. The highest BCUT2D eigenvalue weighted by Crippen LogP contribution is 2.40. The number of carbonyl (C=O) groups is 2. The lowest BCUT2D eigenvalue weighted by molar-refractivity contribution is -0.120. The molecule has 2 N–H and O–H groups in total. The minimum Gasteiger partial charge on any atom is -0.356 e. The molecular formula is C26H22FN3O6S2. The highest BCUT2D eigenvalue weighted by atomic mass is 32.2. The molecule has 0 saturated heterocycles.